The number of rotatable bonds is 3. The Balaban J connectivity index is 1.93. The molecule has 0 aliphatic carbocycles. The molecular weight excluding hydrogens is 312 g/mol. The number of nitrogens with zero attached hydrogens (tertiary/aromatic N) is 2. The largest absolute Gasteiger partial charge is 0.404 e. The van der Waals surface area contributed by atoms with Crippen molar-refractivity contribution in [1.29, 1.82) is 0 Å². The fourth-order valence-corrected chi connectivity index (χ4v) is 2.41. The molecule has 0 amide bonds. The fraction of sp³-hybridized carbons (Fsp3) is 0.111. The molecular formula is C18H15ClN2O2. The first-order chi connectivity index (χ1) is 11.0. The smallest absolute Gasteiger partial charge is 0.346 e. The van der Waals surface area contributed by atoms with Gasteiger partial charge in [0.2, 0.25) is 5.88 Å². The Bertz CT molecular complexity index is 854. The lowest BCUT2D eigenvalue weighted by molar-refractivity contribution is 0.0723. The molecule has 0 N–H and O–H groups in total. The third-order valence-corrected chi connectivity index (χ3v) is 3.70. The molecule has 0 bridgehead atoms. The third kappa shape index (κ3) is 3.27. The van der Waals surface area contributed by atoms with Crippen molar-refractivity contribution in [3.05, 3.63) is 76.4 Å². The fourth-order valence-electron chi connectivity index (χ4n) is 2.20. The average molecular weight is 327 g/mol. The number of aromatic nitrogens is 2. The molecule has 23 heavy (non-hydrogen) atoms. The molecule has 0 aliphatic heterocycles. The van der Waals surface area contributed by atoms with E-state index < -0.39 is 5.97 Å². The summed E-state index contributed by atoms with van der Waals surface area (Å²) in [4.78, 5) is 12.3. The van der Waals surface area contributed by atoms with E-state index in [0.717, 1.165) is 16.9 Å². The Morgan fingerprint density at radius 3 is 2.48 bits per heavy atom. The number of ether oxygens (including phenoxy) is 1. The molecule has 5 heteroatoms. The predicted octanol–water partition coefficient (Wildman–Crippen LogP) is 4.36. The normalized spacial score (nSPS) is 10.6. The first-order valence-electron chi connectivity index (χ1n) is 7.15. The summed E-state index contributed by atoms with van der Waals surface area (Å²) in [7, 11) is 0. The second-order valence-corrected chi connectivity index (χ2v) is 5.65. The van der Waals surface area contributed by atoms with Gasteiger partial charge in [-0.3, -0.25) is 0 Å². The van der Waals surface area contributed by atoms with E-state index in [2.05, 4.69) is 5.10 Å². The summed E-state index contributed by atoms with van der Waals surface area (Å²) in [6, 6.07) is 16.3. The van der Waals surface area contributed by atoms with E-state index in [-0.39, 0.29) is 0 Å². The van der Waals surface area contributed by atoms with Crippen molar-refractivity contribution in [2.24, 2.45) is 0 Å². The Labute approximate surface area is 139 Å². The van der Waals surface area contributed by atoms with Crippen molar-refractivity contribution in [3.8, 4) is 11.6 Å². The molecule has 0 saturated heterocycles. The summed E-state index contributed by atoms with van der Waals surface area (Å²) in [5.41, 5.74) is 3.05. The third-order valence-electron chi connectivity index (χ3n) is 3.37. The molecule has 2 aromatic carbocycles. The molecule has 0 spiro atoms. The maximum absolute atomic E-state index is 12.3. The van der Waals surface area contributed by atoms with E-state index in [1.54, 1.807) is 35.0 Å². The number of carbonyl (C=O) groups excluding carboxylic acids is 1. The molecule has 3 aromatic rings. The quantitative estimate of drug-likeness (QED) is 0.672. The van der Waals surface area contributed by atoms with Crippen molar-refractivity contribution >= 4 is 17.6 Å². The highest BCUT2D eigenvalue weighted by atomic mass is 35.5. The highest BCUT2D eigenvalue weighted by Gasteiger charge is 2.16. The Morgan fingerprint density at radius 1 is 1.09 bits per heavy atom. The van der Waals surface area contributed by atoms with Gasteiger partial charge in [-0.2, -0.15) is 5.10 Å². The zero-order chi connectivity index (χ0) is 16.4. The van der Waals surface area contributed by atoms with Crippen LogP contribution in [0.3, 0.4) is 0 Å². The maximum atomic E-state index is 12.3. The molecule has 0 unspecified atom stereocenters. The van der Waals surface area contributed by atoms with E-state index in [9.17, 15) is 4.79 Å². The maximum Gasteiger partial charge on any atom is 0.346 e. The molecule has 0 saturated carbocycles. The van der Waals surface area contributed by atoms with Crippen LogP contribution >= 0.6 is 11.6 Å². The topological polar surface area (TPSA) is 44.1 Å². The molecule has 0 aliphatic rings. The predicted molar refractivity (Wildman–Crippen MR) is 89.4 cm³/mol. The van der Waals surface area contributed by atoms with Gasteiger partial charge in [0, 0.05) is 6.07 Å². The monoisotopic (exact) mass is 326 g/mol. The average Bonchev–Trinajstić information content (AvgIpc) is 2.89. The van der Waals surface area contributed by atoms with E-state index >= 15 is 0 Å². The first kappa shape index (κ1) is 15.3. The summed E-state index contributed by atoms with van der Waals surface area (Å²) in [5, 5.41) is 4.74. The number of aryl methyl sites for hydroxylation is 2. The van der Waals surface area contributed by atoms with Gasteiger partial charge in [-0.15, -0.1) is 0 Å². The Hall–Kier alpha value is -2.59. The van der Waals surface area contributed by atoms with Gasteiger partial charge in [-0.25, -0.2) is 9.48 Å². The van der Waals surface area contributed by atoms with Gasteiger partial charge in [0.25, 0.3) is 0 Å². The molecule has 4 nitrogen and oxygen atoms in total. The van der Waals surface area contributed by atoms with Crippen molar-refractivity contribution in [2.75, 3.05) is 0 Å². The molecule has 0 atom stereocenters. The number of hydrogen-bond donors (Lipinski definition) is 0. The number of esters is 1. The molecule has 1 aromatic heterocycles. The van der Waals surface area contributed by atoms with Crippen molar-refractivity contribution in [3.63, 3.8) is 0 Å². The van der Waals surface area contributed by atoms with Gasteiger partial charge >= 0.3 is 5.97 Å². The van der Waals surface area contributed by atoms with Crippen LogP contribution in [0.15, 0.2) is 54.6 Å². The van der Waals surface area contributed by atoms with Gasteiger partial charge in [0.1, 0.15) is 0 Å². The van der Waals surface area contributed by atoms with E-state index in [4.69, 9.17) is 16.3 Å². The zero-order valence-corrected chi connectivity index (χ0v) is 13.5. The van der Waals surface area contributed by atoms with Crippen LogP contribution in [-0.4, -0.2) is 15.7 Å². The van der Waals surface area contributed by atoms with Crippen molar-refractivity contribution in [2.45, 2.75) is 13.8 Å². The summed E-state index contributed by atoms with van der Waals surface area (Å²) in [5.74, 6) is -0.153. The minimum absolute atomic E-state index is 0.323. The summed E-state index contributed by atoms with van der Waals surface area (Å²) in [6.45, 7) is 3.86. The first-order valence-corrected chi connectivity index (χ1v) is 7.53. The van der Waals surface area contributed by atoms with Crippen LogP contribution in [0.4, 0.5) is 0 Å². The van der Waals surface area contributed by atoms with Crippen LogP contribution in [0.2, 0.25) is 5.02 Å². The molecule has 0 radical (unpaired) electrons. The SMILES string of the molecule is Cc1ccc(-n2nc(C)cc2OC(=O)c2ccccc2Cl)cc1. The second-order valence-electron chi connectivity index (χ2n) is 5.24. The Kier molecular flexibility index (Phi) is 4.17. The summed E-state index contributed by atoms with van der Waals surface area (Å²) >= 11 is 6.04. The van der Waals surface area contributed by atoms with Gasteiger partial charge < -0.3 is 4.74 Å². The number of halogens is 1. The van der Waals surface area contributed by atoms with Crippen LogP contribution in [0.1, 0.15) is 21.6 Å². The number of benzene rings is 2. The molecule has 1 heterocycles. The van der Waals surface area contributed by atoms with Crippen LogP contribution in [0.25, 0.3) is 5.69 Å². The zero-order valence-electron chi connectivity index (χ0n) is 12.8. The highest BCUT2D eigenvalue weighted by Crippen LogP contribution is 2.22. The van der Waals surface area contributed by atoms with E-state index in [1.165, 1.54) is 0 Å². The summed E-state index contributed by atoms with van der Waals surface area (Å²) in [6.07, 6.45) is 0. The lowest BCUT2D eigenvalue weighted by Gasteiger charge is -2.09. The minimum atomic E-state index is -0.510. The van der Waals surface area contributed by atoms with Crippen LogP contribution in [-0.2, 0) is 0 Å². The minimum Gasteiger partial charge on any atom is -0.404 e. The summed E-state index contributed by atoms with van der Waals surface area (Å²) < 4.78 is 7.10. The van der Waals surface area contributed by atoms with Crippen LogP contribution in [0.5, 0.6) is 5.88 Å². The van der Waals surface area contributed by atoms with E-state index in [0.29, 0.717) is 16.5 Å². The highest BCUT2D eigenvalue weighted by molar-refractivity contribution is 6.33. The molecule has 116 valence electrons. The van der Waals surface area contributed by atoms with E-state index in [1.807, 2.05) is 38.1 Å². The van der Waals surface area contributed by atoms with Crippen LogP contribution in [0, 0.1) is 13.8 Å². The van der Waals surface area contributed by atoms with Gasteiger partial charge in [-0.05, 0) is 38.1 Å². The number of hydrogen-bond acceptors (Lipinski definition) is 3. The van der Waals surface area contributed by atoms with Gasteiger partial charge in [0.05, 0.1) is 22.0 Å². The standard InChI is InChI=1S/C18H15ClN2O2/c1-12-7-9-14(10-8-12)21-17(11-13(2)20-21)23-18(22)15-5-3-4-6-16(15)19/h3-11H,1-2H3. The molecule has 3 rings (SSSR count). The van der Waals surface area contributed by atoms with Crippen LogP contribution < -0.4 is 4.74 Å². The van der Waals surface area contributed by atoms with Gasteiger partial charge in [0.15, 0.2) is 0 Å². The van der Waals surface area contributed by atoms with Crippen molar-refractivity contribution in [1.82, 2.24) is 9.78 Å². The molecule has 0 fully saturated rings. The second kappa shape index (κ2) is 6.26. The van der Waals surface area contributed by atoms with Crippen molar-refractivity contribution < 1.29 is 9.53 Å². The Morgan fingerprint density at radius 2 is 1.78 bits per heavy atom. The lowest BCUT2D eigenvalue weighted by Crippen LogP contribution is -2.12. The lowest BCUT2D eigenvalue weighted by atomic mass is 10.2. The number of carbonyl (C=O) groups is 1. The van der Waals surface area contributed by atoms with Gasteiger partial charge in [-0.1, -0.05) is 41.4 Å².